The maximum Gasteiger partial charge on any atom is 0.223 e. The summed E-state index contributed by atoms with van der Waals surface area (Å²) < 4.78 is 19.6. The first-order valence-electron chi connectivity index (χ1n) is 11.1. The molecule has 0 bridgehead atoms. The lowest BCUT2D eigenvalue weighted by Crippen LogP contribution is -2.38. The maximum absolute atomic E-state index is 14.5. The van der Waals surface area contributed by atoms with Crippen LogP contribution in [0.25, 0.3) is 11.4 Å². The Bertz CT molecular complexity index is 869. The van der Waals surface area contributed by atoms with Gasteiger partial charge in [0.05, 0.1) is 18.5 Å². The Morgan fingerprint density at radius 1 is 1.10 bits per heavy atom. The Morgan fingerprint density at radius 2 is 1.87 bits per heavy atom. The molecule has 0 aliphatic heterocycles. The Labute approximate surface area is 182 Å². The lowest BCUT2D eigenvalue weighted by atomic mass is 9.91. The van der Waals surface area contributed by atoms with Crippen molar-refractivity contribution in [3.8, 4) is 11.4 Å². The van der Waals surface area contributed by atoms with Crippen LogP contribution in [-0.2, 0) is 4.74 Å². The standard InChI is InChI=1S/C22H32FN7O/c1-22(8-9-22)14-27-20-25-10-7-18(29-20)19-17(23)13-26-21(30-19)28-16-5-3-15(4-6-16)24-11-12-31-2/h7,10,13,15-16,24H,3-6,8-9,11-12,14H2,1-2H3,(H,25,27,29)(H,26,28,30). The molecule has 2 aromatic rings. The summed E-state index contributed by atoms with van der Waals surface area (Å²) in [5.41, 5.74) is 0.970. The molecule has 2 fully saturated rings. The van der Waals surface area contributed by atoms with Crippen LogP contribution in [0.2, 0.25) is 0 Å². The molecular weight excluding hydrogens is 397 g/mol. The van der Waals surface area contributed by atoms with E-state index < -0.39 is 5.82 Å². The van der Waals surface area contributed by atoms with Gasteiger partial charge in [0.2, 0.25) is 11.9 Å². The van der Waals surface area contributed by atoms with E-state index in [0.29, 0.717) is 29.0 Å². The van der Waals surface area contributed by atoms with E-state index >= 15 is 0 Å². The minimum atomic E-state index is -0.490. The summed E-state index contributed by atoms with van der Waals surface area (Å²) >= 11 is 0. The smallest absolute Gasteiger partial charge is 0.223 e. The molecule has 2 heterocycles. The SMILES string of the molecule is COCCNC1CCC(Nc2ncc(F)c(-c3ccnc(NCC4(C)CC4)n3)n2)CC1. The fraction of sp³-hybridized carbons (Fsp3) is 0.636. The maximum atomic E-state index is 14.5. The largest absolute Gasteiger partial charge is 0.383 e. The second-order valence-corrected chi connectivity index (χ2v) is 8.96. The predicted octanol–water partition coefficient (Wildman–Crippen LogP) is 3.24. The number of hydrogen-bond donors (Lipinski definition) is 3. The summed E-state index contributed by atoms with van der Waals surface area (Å²) in [6.07, 6.45) is 9.45. The summed E-state index contributed by atoms with van der Waals surface area (Å²) in [6, 6.07) is 2.47. The molecule has 0 spiro atoms. The van der Waals surface area contributed by atoms with Crippen molar-refractivity contribution in [1.29, 1.82) is 0 Å². The third kappa shape index (κ3) is 6.07. The molecule has 2 saturated carbocycles. The number of methoxy groups -OCH3 is 1. The highest BCUT2D eigenvalue weighted by Crippen LogP contribution is 2.44. The molecule has 0 atom stereocenters. The van der Waals surface area contributed by atoms with Crippen molar-refractivity contribution >= 4 is 11.9 Å². The first-order chi connectivity index (χ1) is 15.0. The number of nitrogens with one attached hydrogen (secondary N) is 3. The van der Waals surface area contributed by atoms with Crippen molar-refractivity contribution in [2.24, 2.45) is 5.41 Å². The van der Waals surface area contributed by atoms with Gasteiger partial charge in [-0.15, -0.1) is 0 Å². The highest BCUT2D eigenvalue weighted by molar-refractivity contribution is 5.57. The number of ether oxygens (including phenoxy) is 1. The van der Waals surface area contributed by atoms with Crippen LogP contribution in [0.3, 0.4) is 0 Å². The van der Waals surface area contributed by atoms with Crippen LogP contribution in [-0.4, -0.2) is 58.8 Å². The van der Waals surface area contributed by atoms with Crippen LogP contribution in [0.4, 0.5) is 16.3 Å². The Balaban J connectivity index is 1.36. The average molecular weight is 430 g/mol. The Hall–Kier alpha value is -2.39. The zero-order valence-corrected chi connectivity index (χ0v) is 18.3. The third-order valence-electron chi connectivity index (χ3n) is 6.22. The quantitative estimate of drug-likeness (QED) is 0.495. The number of aromatic nitrogens is 4. The van der Waals surface area contributed by atoms with Gasteiger partial charge in [0, 0.05) is 38.5 Å². The number of anilines is 2. The molecule has 2 aliphatic rings. The molecule has 2 aliphatic carbocycles. The molecular formula is C22H32FN7O. The van der Waals surface area contributed by atoms with Gasteiger partial charge in [-0.2, -0.15) is 0 Å². The monoisotopic (exact) mass is 429 g/mol. The van der Waals surface area contributed by atoms with Crippen molar-refractivity contribution in [1.82, 2.24) is 25.3 Å². The van der Waals surface area contributed by atoms with Crippen molar-refractivity contribution < 1.29 is 9.13 Å². The van der Waals surface area contributed by atoms with Crippen molar-refractivity contribution in [2.45, 2.75) is 57.5 Å². The molecule has 8 nitrogen and oxygen atoms in total. The van der Waals surface area contributed by atoms with Crippen LogP contribution in [0, 0.1) is 11.2 Å². The molecule has 4 rings (SSSR count). The van der Waals surface area contributed by atoms with Crippen molar-refractivity contribution in [3.05, 3.63) is 24.3 Å². The summed E-state index contributed by atoms with van der Waals surface area (Å²) in [4.78, 5) is 17.3. The minimum Gasteiger partial charge on any atom is -0.383 e. The zero-order valence-electron chi connectivity index (χ0n) is 18.3. The topological polar surface area (TPSA) is 96.9 Å². The Morgan fingerprint density at radius 3 is 2.61 bits per heavy atom. The van der Waals surface area contributed by atoms with Gasteiger partial charge in [-0.3, -0.25) is 0 Å². The highest BCUT2D eigenvalue weighted by Gasteiger charge is 2.37. The van der Waals surface area contributed by atoms with Crippen molar-refractivity contribution in [3.63, 3.8) is 0 Å². The van der Waals surface area contributed by atoms with Gasteiger partial charge in [-0.05, 0) is 50.0 Å². The van der Waals surface area contributed by atoms with E-state index in [9.17, 15) is 4.39 Å². The molecule has 3 N–H and O–H groups in total. The van der Waals surface area contributed by atoms with Gasteiger partial charge in [0.25, 0.3) is 0 Å². The van der Waals surface area contributed by atoms with Crippen LogP contribution in [0.15, 0.2) is 18.5 Å². The van der Waals surface area contributed by atoms with E-state index in [0.717, 1.165) is 45.4 Å². The normalized spacial score (nSPS) is 22.2. The van der Waals surface area contributed by atoms with Gasteiger partial charge in [0.1, 0.15) is 5.69 Å². The molecule has 0 radical (unpaired) electrons. The summed E-state index contributed by atoms with van der Waals surface area (Å²) in [7, 11) is 1.71. The van der Waals surface area contributed by atoms with Crippen LogP contribution >= 0.6 is 0 Å². The van der Waals surface area contributed by atoms with Crippen LogP contribution in [0.5, 0.6) is 0 Å². The zero-order chi connectivity index (χ0) is 21.7. The lowest BCUT2D eigenvalue weighted by molar-refractivity contribution is 0.191. The third-order valence-corrected chi connectivity index (χ3v) is 6.22. The first kappa shape index (κ1) is 21.8. The Kier molecular flexibility index (Phi) is 6.92. The minimum absolute atomic E-state index is 0.190. The molecule has 0 saturated heterocycles. The fourth-order valence-electron chi connectivity index (χ4n) is 3.86. The second-order valence-electron chi connectivity index (χ2n) is 8.96. The van der Waals surface area contributed by atoms with Gasteiger partial charge in [-0.1, -0.05) is 6.92 Å². The van der Waals surface area contributed by atoms with Crippen LogP contribution < -0.4 is 16.0 Å². The van der Waals surface area contributed by atoms with E-state index in [-0.39, 0.29) is 11.7 Å². The van der Waals surface area contributed by atoms with Gasteiger partial charge in [-0.25, -0.2) is 24.3 Å². The lowest BCUT2D eigenvalue weighted by Gasteiger charge is -2.29. The number of nitrogens with zero attached hydrogens (tertiary/aromatic N) is 4. The molecule has 0 amide bonds. The van der Waals surface area contributed by atoms with E-state index in [1.165, 1.54) is 19.0 Å². The van der Waals surface area contributed by atoms with Crippen LogP contribution in [0.1, 0.15) is 45.4 Å². The van der Waals surface area contributed by atoms with E-state index in [2.05, 4.69) is 42.8 Å². The van der Waals surface area contributed by atoms with E-state index in [1.807, 2.05) is 0 Å². The summed E-state index contributed by atoms with van der Waals surface area (Å²) in [6.45, 7) is 4.65. The molecule has 2 aromatic heterocycles. The predicted molar refractivity (Wildman–Crippen MR) is 118 cm³/mol. The van der Waals surface area contributed by atoms with Crippen molar-refractivity contribution in [2.75, 3.05) is 37.4 Å². The van der Waals surface area contributed by atoms with Gasteiger partial charge in [0.15, 0.2) is 5.82 Å². The average Bonchev–Trinajstić information content (AvgIpc) is 3.53. The fourth-order valence-corrected chi connectivity index (χ4v) is 3.86. The molecule has 0 unspecified atom stereocenters. The summed E-state index contributed by atoms with van der Waals surface area (Å²) in [5, 5.41) is 10.2. The highest BCUT2D eigenvalue weighted by atomic mass is 19.1. The van der Waals surface area contributed by atoms with Gasteiger partial charge < -0.3 is 20.7 Å². The second kappa shape index (κ2) is 9.82. The molecule has 9 heteroatoms. The van der Waals surface area contributed by atoms with Gasteiger partial charge >= 0.3 is 0 Å². The molecule has 31 heavy (non-hydrogen) atoms. The first-order valence-corrected chi connectivity index (χ1v) is 11.1. The number of rotatable bonds is 10. The number of hydrogen-bond acceptors (Lipinski definition) is 8. The molecule has 168 valence electrons. The summed E-state index contributed by atoms with van der Waals surface area (Å²) in [5.74, 6) is 0.443. The number of halogens is 1. The van der Waals surface area contributed by atoms with E-state index in [4.69, 9.17) is 4.74 Å². The molecule has 0 aromatic carbocycles. The van der Waals surface area contributed by atoms with E-state index in [1.54, 1.807) is 19.4 Å².